The third-order valence-electron chi connectivity index (χ3n) is 4.72. The van der Waals surface area contributed by atoms with Crippen LogP contribution in [0.1, 0.15) is 43.5 Å². The van der Waals surface area contributed by atoms with E-state index in [9.17, 15) is 4.79 Å². The normalized spacial score (nSPS) is 17.2. The number of amides is 1. The molecular weight excluding hydrogens is 252 g/mol. The second kappa shape index (κ2) is 5.73. The maximum absolute atomic E-state index is 12.6. The number of carbonyl (C=O) groups is 1. The summed E-state index contributed by atoms with van der Waals surface area (Å²) in [5.74, 6) is 0.684. The highest BCUT2D eigenvalue weighted by molar-refractivity contribution is 5.99. The van der Waals surface area contributed by atoms with E-state index in [0.717, 1.165) is 32.4 Å². The number of anilines is 1. The Morgan fingerprint density at radius 2 is 2.10 bits per heavy atom. The number of hydrogen-bond acceptors (Lipinski definition) is 3. The molecule has 0 unspecified atom stereocenters. The average molecular weight is 276 g/mol. The van der Waals surface area contributed by atoms with E-state index < -0.39 is 0 Å². The molecule has 2 N–H and O–H groups in total. The van der Waals surface area contributed by atoms with Gasteiger partial charge in [-0.05, 0) is 42.9 Å². The Morgan fingerprint density at radius 3 is 2.65 bits per heavy atom. The Balaban J connectivity index is 2.21. The van der Waals surface area contributed by atoms with Crippen molar-refractivity contribution < 1.29 is 9.53 Å². The molecule has 1 aliphatic heterocycles. The Kier molecular flexibility index (Phi) is 4.21. The van der Waals surface area contributed by atoms with Crippen LogP contribution in [0.2, 0.25) is 0 Å². The first kappa shape index (κ1) is 14.7. The molecule has 110 valence electrons. The SMILES string of the molecule is CCC1(CC)CCN(C(=O)c2cc(OC)ccc2N)C1. The van der Waals surface area contributed by atoms with E-state index in [1.165, 1.54) is 0 Å². The standard InChI is InChI=1S/C16H24N2O2/c1-4-16(5-2)8-9-18(11-16)15(19)13-10-12(20-3)6-7-14(13)17/h6-7,10H,4-5,8-9,11,17H2,1-3H3. The van der Waals surface area contributed by atoms with Gasteiger partial charge in [0.05, 0.1) is 12.7 Å². The summed E-state index contributed by atoms with van der Waals surface area (Å²) in [5, 5.41) is 0. The Bertz CT molecular complexity index is 495. The summed E-state index contributed by atoms with van der Waals surface area (Å²) >= 11 is 0. The van der Waals surface area contributed by atoms with Crippen LogP contribution in [0, 0.1) is 5.41 Å². The Morgan fingerprint density at radius 1 is 1.40 bits per heavy atom. The molecular formula is C16H24N2O2. The lowest BCUT2D eigenvalue weighted by molar-refractivity contribution is 0.0770. The zero-order chi connectivity index (χ0) is 14.8. The van der Waals surface area contributed by atoms with Crippen LogP contribution in [-0.4, -0.2) is 31.0 Å². The number of nitrogen functional groups attached to an aromatic ring is 1. The van der Waals surface area contributed by atoms with Crippen molar-refractivity contribution in [3.05, 3.63) is 23.8 Å². The largest absolute Gasteiger partial charge is 0.497 e. The van der Waals surface area contributed by atoms with Crippen molar-refractivity contribution >= 4 is 11.6 Å². The number of nitrogens with two attached hydrogens (primary N) is 1. The number of benzene rings is 1. The molecule has 0 saturated carbocycles. The number of ether oxygens (including phenoxy) is 1. The second-order valence-electron chi connectivity index (χ2n) is 5.64. The minimum Gasteiger partial charge on any atom is -0.497 e. The Labute approximate surface area is 120 Å². The van der Waals surface area contributed by atoms with Gasteiger partial charge in [-0.1, -0.05) is 13.8 Å². The van der Waals surface area contributed by atoms with Gasteiger partial charge < -0.3 is 15.4 Å². The number of methoxy groups -OCH3 is 1. The first-order valence-electron chi connectivity index (χ1n) is 7.28. The molecule has 0 bridgehead atoms. The van der Waals surface area contributed by atoms with Crippen molar-refractivity contribution in [2.45, 2.75) is 33.1 Å². The average Bonchev–Trinajstić information content (AvgIpc) is 2.92. The molecule has 20 heavy (non-hydrogen) atoms. The molecule has 1 aromatic rings. The van der Waals surface area contributed by atoms with E-state index in [-0.39, 0.29) is 11.3 Å². The van der Waals surface area contributed by atoms with E-state index in [1.807, 2.05) is 4.90 Å². The van der Waals surface area contributed by atoms with Crippen LogP contribution in [0.25, 0.3) is 0 Å². The molecule has 4 heteroatoms. The third kappa shape index (κ3) is 2.60. The molecule has 0 atom stereocenters. The van der Waals surface area contributed by atoms with Gasteiger partial charge in [0.1, 0.15) is 5.75 Å². The molecule has 1 amide bonds. The van der Waals surface area contributed by atoms with Crippen LogP contribution in [0.4, 0.5) is 5.69 Å². The van der Waals surface area contributed by atoms with Gasteiger partial charge >= 0.3 is 0 Å². The van der Waals surface area contributed by atoms with E-state index in [0.29, 0.717) is 17.0 Å². The highest BCUT2D eigenvalue weighted by atomic mass is 16.5. The lowest BCUT2D eigenvalue weighted by Gasteiger charge is -2.26. The van der Waals surface area contributed by atoms with Crippen molar-refractivity contribution in [2.24, 2.45) is 5.41 Å². The number of nitrogens with zero attached hydrogens (tertiary/aromatic N) is 1. The topological polar surface area (TPSA) is 55.6 Å². The molecule has 2 rings (SSSR count). The van der Waals surface area contributed by atoms with Gasteiger partial charge in [0, 0.05) is 18.8 Å². The molecule has 1 heterocycles. The van der Waals surface area contributed by atoms with E-state index in [1.54, 1.807) is 25.3 Å². The van der Waals surface area contributed by atoms with Gasteiger partial charge in [0.25, 0.3) is 5.91 Å². The van der Waals surface area contributed by atoms with Crippen molar-refractivity contribution in [1.82, 2.24) is 4.90 Å². The summed E-state index contributed by atoms with van der Waals surface area (Å²) in [6.45, 7) is 6.06. The first-order valence-corrected chi connectivity index (χ1v) is 7.28. The van der Waals surface area contributed by atoms with Crippen LogP contribution in [0.5, 0.6) is 5.75 Å². The van der Waals surface area contributed by atoms with Crippen molar-refractivity contribution in [1.29, 1.82) is 0 Å². The van der Waals surface area contributed by atoms with Crippen molar-refractivity contribution in [3.63, 3.8) is 0 Å². The minimum absolute atomic E-state index is 0.0187. The van der Waals surface area contributed by atoms with E-state index >= 15 is 0 Å². The van der Waals surface area contributed by atoms with E-state index in [2.05, 4.69) is 13.8 Å². The molecule has 1 aliphatic rings. The van der Waals surface area contributed by atoms with Gasteiger partial charge in [0.2, 0.25) is 0 Å². The molecule has 0 radical (unpaired) electrons. The lowest BCUT2D eigenvalue weighted by Crippen LogP contribution is -2.32. The fraction of sp³-hybridized carbons (Fsp3) is 0.562. The fourth-order valence-corrected chi connectivity index (χ4v) is 2.95. The maximum atomic E-state index is 12.6. The number of rotatable bonds is 4. The molecule has 0 aliphatic carbocycles. The van der Waals surface area contributed by atoms with Crippen LogP contribution >= 0.6 is 0 Å². The molecule has 1 aromatic carbocycles. The molecule has 4 nitrogen and oxygen atoms in total. The molecule has 1 fully saturated rings. The van der Waals surface area contributed by atoms with Gasteiger partial charge in [-0.3, -0.25) is 4.79 Å². The predicted octanol–water partition coefficient (Wildman–Crippen LogP) is 2.93. The maximum Gasteiger partial charge on any atom is 0.256 e. The highest BCUT2D eigenvalue weighted by Gasteiger charge is 2.37. The van der Waals surface area contributed by atoms with Crippen molar-refractivity contribution in [3.8, 4) is 5.75 Å². The van der Waals surface area contributed by atoms with Crippen LogP contribution in [-0.2, 0) is 0 Å². The zero-order valence-corrected chi connectivity index (χ0v) is 12.6. The monoisotopic (exact) mass is 276 g/mol. The smallest absolute Gasteiger partial charge is 0.256 e. The van der Waals surface area contributed by atoms with Gasteiger partial charge in [-0.2, -0.15) is 0 Å². The summed E-state index contributed by atoms with van der Waals surface area (Å²) < 4.78 is 5.18. The van der Waals surface area contributed by atoms with Crippen LogP contribution < -0.4 is 10.5 Å². The molecule has 1 saturated heterocycles. The first-order chi connectivity index (χ1) is 9.55. The summed E-state index contributed by atoms with van der Waals surface area (Å²) in [4.78, 5) is 14.6. The summed E-state index contributed by atoms with van der Waals surface area (Å²) in [5.41, 5.74) is 7.29. The molecule has 0 aromatic heterocycles. The summed E-state index contributed by atoms with van der Waals surface area (Å²) in [7, 11) is 1.59. The second-order valence-corrected chi connectivity index (χ2v) is 5.64. The van der Waals surface area contributed by atoms with Crippen LogP contribution in [0.3, 0.4) is 0 Å². The number of carbonyl (C=O) groups excluding carboxylic acids is 1. The van der Waals surface area contributed by atoms with Gasteiger partial charge in [-0.25, -0.2) is 0 Å². The Hall–Kier alpha value is -1.71. The minimum atomic E-state index is 0.0187. The summed E-state index contributed by atoms with van der Waals surface area (Å²) in [6, 6.07) is 5.24. The zero-order valence-electron chi connectivity index (χ0n) is 12.6. The number of hydrogen-bond donors (Lipinski definition) is 1. The van der Waals surface area contributed by atoms with Crippen LogP contribution in [0.15, 0.2) is 18.2 Å². The molecule has 0 spiro atoms. The van der Waals surface area contributed by atoms with Crippen molar-refractivity contribution in [2.75, 3.05) is 25.9 Å². The van der Waals surface area contributed by atoms with Gasteiger partial charge in [0.15, 0.2) is 0 Å². The lowest BCUT2D eigenvalue weighted by atomic mass is 9.82. The fourth-order valence-electron chi connectivity index (χ4n) is 2.95. The summed E-state index contributed by atoms with van der Waals surface area (Å²) in [6.07, 6.45) is 3.30. The quantitative estimate of drug-likeness (QED) is 0.860. The number of likely N-dealkylation sites (tertiary alicyclic amines) is 1. The highest BCUT2D eigenvalue weighted by Crippen LogP contribution is 2.38. The van der Waals surface area contributed by atoms with Gasteiger partial charge in [-0.15, -0.1) is 0 Å². The third-order valence-corrected chi connectivity index (χ3v) is 4.72. The van der Waals surface area contributed by atoms with E-state index in [4.69, 9.17) is 10.5 Å². The predicted molar refractivity (Wildman–Crippen MR) is 80.9 cm³/mol.